The molecule has 0 saturated carbocycles. The number of aromatic nitrogens is 2. The Morgan fingerprint density at radius 2 is 1.78 bits per heavy atom. The van der Waals surface area contributed by atoms with Crippen LogP contribution in [0, 0.1) is 0 Å². The van der Waals surface area contributed by atoms with Crippen LogP contribution in [0.15, 0.2) is 30.3 Å². The van der Waals surface area contributed by atoms with Crippen molar-refractivity contribution in [3.63, 3.8) is 0 Å². The van der Waals surface area contributed by atoms with Crippen molar-refractivity contribution in [2.24, 2.45) is 7.05 Å². The Morgan fingerprint density at radius 1 is 1.11 bits per heavy atom. The summed E-state index contributed by atoms with van der Waals surface area (Å²) in [7, 11) is 1.83. The van der Waals surface area contributed by atoms with Crippen molar-refractivity contribution in [3.05, 3.63) is 41.6 Å². The third-order valence-electron chi connectivity index (χ3n) is 5.32. The summed E-state index contributed by atoms with van der Waals surface area (Å²) in [5, 5.41) is 7.58. The molecule has 1 N–H and O–H groups in total. The van der Waals surface area contributed by atoms with Crippen LogP contribution in [0.2, 0.25) is 0 Å². The molecule has 27 heavy (non-hydrogen) atoms. The molecule has 1 amide bonds. The van der Waals surface area contributed by atoms with Gasteiger partial charge in [-0.1, -0.05) is 51.5 Å². The second-order valence-corrected chi connectivity index (χ2v) is 8.52. The summed E-state index contributed by atoms with van der Waals surface area (Å²) in [4.78, 5) is 15.0. The van der Waals surface area contributed by atoms with Crippen LogP contribution < -0.4 is 5.32 Å². The van der Waals surface area contributed by atoms with Crippen LogP contribution in [0.4, 0.5) is 0 Å². The summed E-state index contributed by atoms with van der Waals surface area (Å²) in [5.74, 6) is -0.0560. The molecular formula is C22H32N4O. The van der Waals surface area contributed by atoms with Gasteiger partial charge in [0.1, 0.15) is 5.69 Å². The first-order valence-corrected chi connectivity index (χ1v) is 10.00. The van der Waals surface area contributed by atoms with Gasteiger partial charge in [0.2, 0.25) is 0 Å². The number of nitrogens with one attached hydrogen (secondary N) is 1. The largest absolute Gasteiger partial charge is 0.349 e. The van der Waals surface area contributed by atoms with Crippen LogP contribution in [-0.4, -0.2) is 46.8 Å². The number of carbonyl (C=O) groups excluding carboxylic acids is 1. The Bertz CT molecular complexity index is 765. The van der Waals surface area contributed by atoms with Crippen LogP contribution in [0.5, 0.6) is 0 Å². The fraction of sp³-hybridized carbons (Fsp3) is 0.545. The molecule has 1 saturated heterocycles. The summed E-state index contributed by atoms with van der Waals surface area (Å²) in [6.07, 6.45) is 3.87. The highest BCUT2D eigenvalue weighted by Gasteiger charge is 2.17. The molecule has 5 nitrogen and oxygen atoms in total. The molecule has 1 aromatic heterocycles. The number of amides is 1. The number of aryl methyl sites for hydroxylation is 1. The standard InChI is InChI=1S/C22H32N4O/c1-22(2,3)18-10-8-17(9-11-18)19-16-20(25(4)24-19)21(27)23-12-15-26-13-6-5-7-14-26/h8-11,16H,5-7,12-15H2,1-4H3,(H,23,27). The van der Waals surface area contributed by atoms with Crippen molar-refractivity contribution in [2.75, 3.05) is 26.2 Å². The molecule has 0 bridgehead atoms. The average Bonchev–Trinajstić information content (AvgIpc) is 3.04. The first-order chi connectivity index (χ1) is 12.8. The zero-order chi connectivity index (χ0) is 19.4. The summed E-state index contributed by atoms with van der Waals surface area (Å²) < 4.78 is 1.67. The van der Waals surface area contributed by atoms with E-state index in [0.29, 0.717) is 12.2 Å². The van der Waals surface area contributed by atoms with Crippen LogP contribution in [-0.2, 0) is 12.5 Å². The number of hydrogen-bond acceptors (Lipinski definition) is 3. The smallest absolute Gasteiger partial charge is 0.269 e. The van der Waals surface area contributed by atoms with Crippen molar-refractivity contribution in [1.82, 2.24) is 20.0 Å². The minimum Gasteiger partial charge on any atom is -0.349 e. The SMILES string of the molecule is Cn1nc(-c2ccc(C(C)(C)C)cc2)cc1C(=O)NCCN1CCCCC1. The number of likely N-dealkylation sites (tertiary alicyclic amines) is 1. The lowest BCUT2D eigenvalue weighted by Gasteiger charge is -2.26. The van der Waals surface area contributed by atoms with Crippen molar-refractivity contribution >= 4 is 5.91 Å². The van der Waals surface area contributed by atoms with Gasteiger partial charge in [-0.2, -0.15) is 5.10 Å². The number of rotatable bonds is 5. The van der Waals surface area contributed by atoms with Crippen LogP contribution >= 0.6 is 0 Å². The molecule has 0 unspecified atom stereocenters. The van der Waals surface area contributed by atoms with Crippen LogP contribution in [0.25, 0.3) is 11.3 Å². The van der Waals surface area contributed by atoms with E-state index in [0.717, 1.165) is 30.9 Å². The Labute approximate surface area is 162 Å². The highest BCUT2D eigenvalue weighted by Crippen LogP contribution is 2.26. The highest BCUT2D eigenvalue weighted by atomic mass is 16.2. The minimum atomic E-state index is -0.0560. The molecule has 1 fully saturated rings. The Hall–Kier alpha value is -2.14. The van der Waals surface area contributed by atoms with Gasteiger partial charge in [0.05, 0.1) is 5.69 Å². The summed E-state index contributed by atoms with van der Waals surface area (Å²) in [6, 6.07) is 10.3. The van der Waals surface area contributed by atoms with Gasteiger partial charge in [0, 0.05) is 25.7 Å². The molecule has 5 heteroatoms. The molecule has 0 atom stereocenters. The van der Waals surface area contributed by atoms with Crippen molar-refractivity contribution in [1.29, 1.82) is 0 Å². The molecule has 0 aliphatic carbocycles. The lowest BCUT2D eigenvalue weighted by atomic mass is 9.86. The number of piperidine rings is 1. The molecule has 1 aromatic carbocycles. The van der Waals surface area contributed by atoms with E-state index in [1.165, 1.54) is 24.8 Å². The molecule has 2 heterocycles. The lowest BCUT2D eigenvalue weighted by molar-refractivity contribution is 0.0937. The van der Waals surface area contributed by atoms with E-state index in [2.05, 4.69) is 60.4 Å². The Balaban J connectivity index is 1.62. The number of benzene rings is 1. The van der Waals surface area contributed by atoms with Crippen molar-refractivity contribution in [3.8, 4) is 11.3 Å². The zero-order valence-electron chi connectivity index (χ0n) is 17.1. The van der Waals surface area contributed by atoms with Crippen LogP contribution in [0.1, 0.15) is 56.1 Å². The predicted octanol–water partition coefficient (Wildman–Crippen LogP) is 3.60. The summed E-state index contributed by atoms with van der Waals surface area (Å²) in [5.41, 5.74) is 3.88. The molecule has 146 valence electrons. The number of nitrogens with zero attached hydrogens (tertiary/aromatic N) is 3. The van der Waals surface area contributed by atoms with Crippen molar-refractivity contribution < 1.29 is 4.79 Å². The van der Waals surface area contributed by atoms with Gasteiger partial charge in [-0.05, 0) is 43.0 Å². The quantitative estimate of drug-likeness (QED) is 0.877. The van der Waals surface area contributed by atoms with Crippen molar-refractivity contribution in [2.45, 2.75) is 45.4 Å². The third-order valence-corrected chi connectivity index (χ3v) is 5.32. The summed E-state index contributed by atoms with van der Waals surface area (Å²) >= 11 is 0. The van der Waals surface area contributed by atoms with Gasteiger partial charge < -0.3 is 10.2 Å². The first kappa shape index (κ1) is 19.6. The molecule has 1 aliphatic heterocycles. The molecule has 1 aliphatic rings. The van der Waals surface area contributed by atoms with E-state index in [4.69, 9.17) is 0 Å². The molecular weight excluding hydrogens is 336 g/mol. The van der Waals surface area contributed by atoms with E-state index in [9.17, 15) is 4.79 Å². The maximum Gasteiger partial charge on any atom is 0.269 e. The van der Waals surface area contributed by atoms with Gasteiger partial charge in [-0.15, -0.1) is 0 Å². The Kier molecular flexibility index (Phi) is 6.00. The first-order valence-electron chi connectivity index (χ1n) is 10.00. The second-order valence-electron chi connectivity index (χ2n) is 8.52. The van der Waals surface area contributed by atoms with E-state index >= 15 is 0 Å². The van der Waals surface area contributed by atoms with Gasteiger partial charge in [-0.3, -0.25) is 9.48 Å². The molecule has 3 rings (SSSR count). The normalized spacial score (nSPS) is 15.7. The minimum absolute atomic E-state index is 0.0560. The van der Waals surface area contributed by atoms with Gasteiger partial charge in [0.15, 0.2) is 0 Å². The third kappa shape index (κ3) is 4.98. The Morgan fingerprint density at radius 3 is 2.41 bits per heavy atom. The molecule has 2 aromatic rings. The topological polar surface area (TPSA) is 50.2 Å². The lowest BCUT2D eigenvalue weighted by Crippen LogP contribution is -2.38. The van der Waals surface area contributed by atoms with E-state index in [1.807, 2.05) is 13.1 Å². The van der Waals surface area contributed by atoms with E-state index in [-0.39, 0.29) is 11.3 Å². The van der Waals surface area contributed by atoms with Gasteiger partial charge in [-0.25, -0.2) is 0 Å². The monoisotopic (exact) mass is 368 g/mol. The van der Waals surface area contributed by atoms with Gasteiger partial charge in [0.25, 0.3) is 5.91 Å². The maximum atomic E-state index is 12.5. The van der Waals surface area contributed by atoms with Crippen LogP contribution in [0.3, 0.4) is 0 Å². The fourth-order valence-electron chi connectivity index (χ4n) is 3.56. The molecule has 0 radical (unpaired) electrons. The van der Waals surface area contributed by atoms with E-state index in [1.54, 1.807) is 4.68 Å². The number of carbonyl (C=O) groups is 1. The zero-order valence-corrected chi connectivity index (χ0v) is 17.1. The maximum absolute atomic E-state index is 12.5. The van der Waals surface area contributed by atoms with Gasteiger partial charge >= 0.3 is 0 Å². The van der Waals surface area contributed by atoms with E-state index < -0.39 is 0 Å². The molecule has 0 spiro atoms. The summed E-state index contributed by atoms with van der Waals surface area (Å²) in [6.45, 7) is 10.5. The predicted molar refractivity (Wildman–Crippen MR) is 110 cm³/mol. The highest BCUT2D eigenvalue weighted by molar-refractivity contribution is 5.93. The number of hydrogen-bond donors (Lipinski definition) is 1. The average molecular weight is 369 g/mol. The fourth-order valence-corrected chi connectivity index (χ4v) is 3.56. The second kappa shape index (κ2) is 8.26.